The molecule has 0 atom stereocenters. The Labute approximate surface area is 157 Å². The van der Waals surface area contributed by atoms with Gasteiger partial charge in [-0.15, -0.1) is 0 Å². The van der Waals surface area contributed by atoms with Crippen LogP contribution in [0.2, 0.25) is 0 Å². The van der Waals surface area contributed by atoms with E-state index in [2.05, 4.69) is 38.9 Å². The van der Waals surface area contributed by atoms with Gasteiger partial charge in [0.2, 0.25) is 11.9 Å². The van der Waals surface area contributed by atoms with Crippen LogP contribution in [-0.2, 0) is 0 Å². The van der Waals surface area contributed by atoms with Gasteiger partial charge in [0.25, 0.3) is 0 Å². The molecule has 1 aromatic heterocycles. The molecule has 2 aliphatic heterocycles. The highest BCUT2D eigenvalue weighted by molar-refractivity contribution is 5.39. The van der Waals surface area contributed by atoms with Crippen molar-refractivity contribution in [1.29, 1.82) is 0 Å². The topological polar surface area (TPSA) is 66.4 Å². The number of ether oxygens (including phenoxy) is 1. The molecule has 146 valence electrons. The number of nitrogens with zero attached hydrogens (tertiary/aromatic N) is 5. The van der Waals surface area contributed by atoms with Gasteiger partial charge >= 0.3 is 6.01 Å². The Hall–Kier alpha value is -1.63. The molecule has 2 saturated heterocycles. The summed E-state index contributed by atoms with van der Waals surface area (Å²) in [4.78, 5) is 18.5. The highest BCUT2D eigenvalue weighted by Crippen LogP contribution is 2.21. The molecule has 0 amide bonds. The fourth-order valence-corrected chi connectivity index (χ4v) is 3.87. The maximum absolute atomic E-state index is 5.33. The van der Waals surface area contributed by atoms with Crippen LogP contribution in [0.4, 0.5) is 11.9 Å². The van der Waals surface area contributed by atoms with Gasteiger partial charge in [-0.25, -0.2) is 0 Å². The predicted molar refractivity (Wildman–Crippen MR) is 105 cm³/mol. The molecule has 0 aromatic carbocycles. The van der Waals surface area contributed by atoms with Crippen molar-refractivity contribution in [3.8, 4) is 6.01 Å². The summed E-state index contributed by atoms with van der Waals surface area (Å²) in [6.45, 7) is 10.1. The Morgan fingerprint density at radius 3 is 2.31 bits per heavy atom. The molecule has 0 aliphatic carbocycles. The van der Waals surface area contributed by atoms with E-state index in [9.17, 15) is 0 Å². The second-order valence-electron chi connectivity index (χ2n) is 7.96. The minimum absolute atomic E-state index is 0.402. The zero-order chi connectivity index (χ0) is 18.4. The summed E-state index contributed by atoms with van der Waals surface area (Å²) < 4.78 is 5.33. The molecule has 3 heterocycles. The van der Waals surface area contributed by atoms with Crippen molar-refractivity contribution in [3.63, 3.8) is 0 Å². The number of piperidine rings is 1. The Bertz CT molecular complexity index is 551. The number of anilines is 2. The lowest BCUT2D eigenvalue weighted by Crippen LogP contribution is -2.41. The molecule has 2 aliphatic rings. The van der Waals surface area contributed by atoms with Gasteiger partial charge in [0, 0.05) is 38.8 Å². The zero-order valence-electron chi connectivity index (χ0n) is 16.6. The van der Waals surface area contributed by atoms with Crippen molar-refractivity contribution in [1.82, 2.24) is 19.9 Å². The van der Waals surface area contributed by atoms with E-state index in [1.807, 2.05) is 0 Å². The van der Waals surface area contributed by atoms with Crippen LogP contribution in [0.1, 0.15) is 52.4 Å². The van der Waals surface area contributed by atoms with Gasteiger partial charge < -0.3 is 19.9 Å². The quantitative estimate of drug-likeness (QED) is 0.834. The van der Waals surface area contributed by atoms with E-state index < -0.39 is 0 Å². The lowest BCUT2D eigenvalue weighted by Gasteiger charge is -2.33. The first kappa shape index (κ1) is 19.1. The highest BCUT2D eigenvalue weighted by Gasteiger charge is 2.22. The fraction of sp³-hybridized carbons (Fsp3) is 0.842. The molecule has 0 saturated carbocycles. The maximum atomic E-state index is 5.33. The van der Waals surface area contributed by atoms with Crippen molar-refractivity contribution in [3.05, 3.63) is 0 Å². The maximum Gasteiger partial charge on any atom is 0.322 e. The molecule has 7 nitrogen and oxygen atoms in total. The van der Waals surface area contributed by atoms with E-state index >= 15 is 0 Å². The van der Waals surface area contributed by atoms with Gasteiger partial charge in [-0.2, -0.15) is 15.0 Å². The fourth-order valence-electron chi connectivity index (χ4n) is 3.87. The molecule has 1 N–H and O–H groups in total. The lowest BCUT2D eigenvalue weighted by molar-refractivity contribution is 0.197. The molecule has 7 heteroatoms. The average molecular weight is 363 g/mol. The molecule has 0 spiro atoms. The van der Waals surface area contributed by atoms with Gasteiger partial charge in [-0.3, -0.25) is 0 Å². The third kappa shape index (κ3) is 5.43. The molecule has 2 fully saturated rings. The van der Waals surface area contributed by atoms with Crippen LogP contribution in [0.3, 0.4) is 0 Å². The van der Waals surface area contributed by atoms with E-state index in [0.29, 0.717) is 18.0 Å². The Balaban J connectivity index is 1.63. The lowest BCUT2D eigenvalue weighted by atomic mass is 10.0. The number of nitrogens with one attached hydrogen (secondary N) is 1. The standard InChI is InChI=1S/C19H34N6O/c1-15(2)14-24-12-8-16(9-13-24)20-17-21-18(23-19(22-17)26-3)25-10-6-4-5-7-11-25/h15-16H,4-14H2,1-3H3,(H,20,21,22,23). The minimum atomic E-state index is 0.402. The number of aromatic nitrogens is 3. The summed E-state index contributed by atoms with van der Waals surface area (Å²) in [6, 6.07) is 0.821. The Morgan fingerprint density at radius 1 is 1.00 bits per heavy atom. The second kappa shape index (κ2) is 9.35. The third-order valence-corrected chi connectivity index (χ3v) is 5.22. The molecule has 0 bridgehead atoms. The Kier molecular flexibility index (Phi) is 6.88. The number of methoxy groups -OCH3 is 1. The summed E-state index contributed by atoms with van der Waals surface area (Å²) in [5.74, 6) is 2.13. The predicted octanol–water partition coefficient (Wildman–Crippen LogP) is 2.79. The summed E-state index contributed by atoms with van der Waals surface area (Å²) in [7, 11) is 1.62. The van der Waals surface area contributed by atoms with Crippen LogP contribution in [0.25, 0.3) is 0 Å². The van der Waals surface area contributed by atoms with E-state index in [1.165, 1.54) is 32.2 Å². The van der Waals surface area contributed by atoms with Gasteiger partial charge in [0.1, 0.15) is 0 Å². The van der Waals surface area contributed by atoms with Gasteiger partial charge in [0.05, 0.1) is 7.11 Å². The molecule has 3 rings (SSSR count). The number of likely N-dealkylation sites (tertiary alicyclic amines) is 1. The SMILES string of the molecule is COc1nc(NC2CCN(CC(C)C)CC2)nc(N2CCCCCC2)n1. The van der Waals surface area contributed by atoms with E-state index in [0.717, 1.165) is 50.9 Å². The Morgan fingerprint density at radius 2 is 1.69 bits per heavy atom. The smallest absolute Gasteiger partial charge is 0.322 e. The summed E-state index contributed by atoms with van der Waals surface area (Å²) in [5.41, 5.74) is 0. The largest absolute Gasteiger partial charge is 0.467 e. The summed E-state index contributed by atoms with van der Waals surface area (Å²) in [5, 5.41) is 3.53. The normalized spacial score (nSPS) is 20.2. The molecule has 26 heavy (non-hydrogen) atoms. The van der Waals surface area contributed by atoms with E-state index in [4.69, 9.17) is 9.72 Å². The van der Waals surface area contributed by atoms with Gasteiger partial charge in [0.15, 0.2) is 0 Å². The first-order valence-corrected chi connectivity index (χ1v) is 10.2. The van der Waals surface area contributed by atoms with E-state index in [1.54, 1.807) is 7.11 Å². The van der Waals surface area contributed by atoms with Crippen LogP contribution in [0.15, 0.2) is 0 Å². The van der Waals surface area contributed by atoms with Crippen LogP contribution in [-0.4, -0.2) is 65.7 Å². The van der Waals surface area contributed by atoms with Crippen LogP contribution >= 0.6 is 0 Å². The van der Waals surface area contributed by atoms with Gasteiger partial charge in [-0.1, -0.05) is 26.7 Å². The zero-order valence-corrected chi connectivity index (χ0v) is 16.6. The van der Waals surface area contributed by atoms with Crippen LogP contribution < -0.4 is 15.0 Å². The summed E-state index contributed by atoms with van der Waals surface area (Å²) in [6.07, 6.45) is 7.23. The second-order valence-corrected chi connectivity index (χ2v) is 7.96. The van der Waals surface area contributed by atoms with Crippen molar-refractivity contribution < 1.29 is 4.74 Å². The number of rotatable bonds is 6. The highest BCUT2D eigenvalue weighted by atomic mass is 16.5. The summed E-state index contributed by atoms with van der Waals surface area (Å²) >= 11 is 0. The third-order valence-electron chi connectivity index (χ3n) is 5.22. The molecular weight excluding hydrogens is 328 g/mol. The van der Waals surface area contributed by atoms with Crippen LogP contribution in [0.5, 0.6) is 6.01 Å². The molecule has 0 radical (unpaired) electrons. The number of hydrogen-bond donors (Lipinski definition) is 1. The molecular formula is C19H34N6O. The van der Waals surface area contributed by atoms with Crippen LogP contribution in [0, 0.1) is 5.92 Å². The minimum Gasteiger partial charge on any atom is -0.467 e. The van der Waals surface area contributed by atoms with E-state index in [-0.39, 0.29) is 0 Å². The van der Waals surface area contributed by atoms with Crippen molar-refractivity contribution in [2.45, 2.75) is 58.4 Å². The van der Waals surface area contributed by atoms with Crippen molar-refractivity contribution >= 4 is 11.9 Å². The monoisotopic (exact) mass is 362 g/mol. The van der Waals surface area contributed by atoms with Gasteiger partial charge in [-0.05, 0) is 31.6 Å². The molecule has 1 aromatic rings. The van der Waals surface area contributed by atoms with Crippen molar-refractivity contribution in [2.24, 2.45) is 5.92 Å². The average Bonchev–Trinajstić information content (AvgIpc) is 2.92. The first-order valence-electron chi connectivity index (χ1n) is 10.2. The van der Waals surface area contributed by atoms with Crippen molar-refractivity contribution in [2.75, 3.05) is 50.1 Å². The number of hydrogen-bond acceptors (Lipinski definition) is 7. The molecule has 0 unspecified atom stereocenters. The first-order chi connectivity index (χ1) is 12.6.